The normalized spacial score (nSPS) is 10.4. The fraction of sp³-hybridized carbons (Fsp3) is 0.0588. The molecule has 0 fully saturated rings. The van der Waals surface area contributed by atoms with Crippen molar-refractivity contribution in [2.24, 2.45) is 0 Å². The Hall–Kier alpha value is -3.39. The minimum atomic E-state index is -0.462. The number of anilines is 3. The third-order valence-electron chi connectivity index (χ3n) is 3.53. The second kappa shape index (κ2) is 7.24. The van der Waals surface area contributed by atoms with E-state index in [1.165, 1.54) is 12.1 Å². The van der Waals surface area contributed by atoms with Crippen LogP contribution in [0.1, 0.15) is 0 Å². The van der Waals surface area contributed by atoms with E-state index in [9.17, 15) is 10.1 Å². The molecule has 0 aliphatic rings. The third kappa shape index (κ3) is 3.81. The van der Waals surface area contributed by atoms with E-state index in [0.29, 0.717) is 33.5 Å². The average molecular weight is 372 g/mol. The summed E-state index contributed by atoms with van der Waals surface area (Å²) in [6.07, 6.45) is 0. The number of nitro benzene ring substituents is 1. The third-order valence-corrected chi connectivity index (χ3v) is 3.77. The molecule has 9 heteroatoms. The number of rotatable bonds is 5. The van der Waals surface area contributed by atoms with E-state index in [-0.39, 0.29) is 11.6 Å². The summed E-state index contributed by atoms with van der Waals surface area (Å²) in [6, 6.07) is 12.8. The van der Waals surface area contributed by atoms with Gasteiger partial charge in [-0.15, -0.1) is 0 Å². The predicted octanol–water partition coefficient (Wildman–Crippen LogP) is 4.04. The molecule has 0 atom stereocenters. The van der Waals surface area contributed by atoms with Gasteiger partial charge in [0.15, 0.2) is 0 Å². The van der Waals surface area contributed by atoms with Crippen LogP contribution >= 0.6 is 11.6 Å². The molecule has 3 aromatic rings. The van der Waals surface area contributed by atoms with E-state index in [0.717, 1.165) is 0 Å². The molecule has 3 N–H and O–H groups in total. The van der Waals surface area contributed by atoms with Crippen LogP contribution in [0, 0.1) is 10.1 Å². The highest BCUT2D eigenvalue weighted by Crippen LogP contribution is 2.33. The minimum Gasteiger partial charge on any atom is -0.496 e. The predicted molar refractivity (Wildman–Crippen MR) is 99.8 cm³/mol. The Morgan fingerprint density at radius 3 is 2.54 bits per heavy atom. The van der Waals surface area contributed by atoms with Gasteiger partial charge in [-0.1, -0.05) is 11.6 Å². The number of nitro groups is 1. The van der Waals surface area contributed by atoms with Gasteiger partial charge in [0, 0.05) is 34.5 Å². The largest absolute Gasteiger partial charge is 0.496 e. The molecular weight excluding hydrogens is 358 g/mol. The number of halogens is 1. The topological polar surface area (TPSA) is 116 Å². The van der Waals surface area contributed by atoms with Gasteiger partial charge in [0.25, 0.3) is 5.69 Å². The first-order valence-corrected chi connectivity index (χ1v) is 7.84. The number of nitrogens with two attached hydrogens (primary N) is 1. The van der Waals surface area contributed by atoms with Crippen molar-refractivity contribution in [3.05, 3.63) is 63.7 Å². The molecule has 1 aromatic heterocycles. The van der Waals surface area contributed by atoms with Crippen molar-refractivity contribution in [1.29, 1.82) is 0 Å². The first-order valence-electron chi connectivity index (χ1n) is 7.46. The zero-order valence-corrected chi connectivity index (χ0v) is 14.4. The molecule has 8 nitrogen and oxygen atoms in total. The Labute approximate surface area is 153 Å². The number of methoxy groups -OCH3 is 1. The number of nitrogen functional groups attached to an aromatic ring is 1. The van der Waals surface area contributed by atoms with Crippen molar-refractivity contribution < 1.29 is 9.66 Å². The van der Waals surface area contributed by atoms with Crippen LogP contribution in [-0.2, 0) is 0 Å². The van der Waals surface area contributed by atoms with Crippen LogP contribution in [-0.4, -0.2) is 22.0 Å². The van der Waals surface area contributed by atoms with Crippen LogP contribution in [0.15, 0.2) is 48.5 Å². The number of non-ortho nitro benzene ring substituents is 1. The summed E-state index contributed by atoms with van der Waals surface area (Å²) in [6.45, 7) is 0. The minimum absolute atomic E-state index is 0.00195. The number of ether oxygens (including phenoxy) is 1. The molecule has 3 rings (SSSR count). The molecule has 0 saturated heterocycles. The zero-order chi connectivity index (χ0) is 18.7. The number of aromatic nitrogens is 2. The number of nitrogens with one attached hydrogen (secondary N) is 1. The Kier molecular flexibility index (Phi) is 4.85. The molecule has 0 unspecified atom stereocenters. The SMILES string of the molecule is COc1ccc(Cl)cc1-c1cc(Nc2ccc([N+](=O)[O-])cc2)nc(N)n1. The van der Waals surface area contributed by atoms with Gasteiger partial charge in [-0.3, -0.25) is 10.1 Å². The van der Waals surface area contributed by atoms with Gasteiger partial charge < -0.3 is 15.8 Å². The van der Waals surface area contributed by atoms with Crippen molar-refractivity contribution in [2.45, 2.75) is 0 Å². The Morgan fingerprint density at radius 1 is 1.15 bits per heavy atom. The number of hydrogen-bond acceptors (Lipinski definition) is 7. The molecule has 0 saturated carbocycles. The quantitative estimate of drug-likeness (QED) is 0.513. The van der Waals surface area contributed by atoms with Crippen LogP contribution in [0.3, 0.4) is 0 Å². The Bertz CT molecular complexity index is 963. The monoisotopic (exact) mass is 371 g/mol. The molecule has 26 heavy (non-hydrogen) atoms. The molecule has 1 heterocycles. The fourth-order valence-electron chi connectivity index (χ4n) is 2.36. The Balaban J connectivity index is 1.95. The zero-order valence-electron chi connectivity index (χ0n) is 13.6. The molecule has 2 aromatic carbocycles. The molecule has 0 bridgehead atoms. The Morgan fingerprint density at radius 2 is 1.88 bits per heavy atom. The molecule has 132 valence electrons. The first kappa shape index (κ1) is 17.4. The molecule has 0 aliphatic heterocycles. The first-order chi connectivity index (χ1) is 12.5. The van der Waals surface area contributed by atoms with Crippen molar-refractivity contribution >= 4 is 34.7 Å². The van der Waals surface area contributed by atoms with Gasteiger partial charge in [-0.05, 0) is 30.3 Å². The maximum absolute atomic E-state index is 10.7. The van der Waals surface area contributed by atoms with Gasteiger partial charge in [-0.25, -0.2) is 4.98 Å². The summed E-state index contributed by atoms with van der Waals surface area (Å²) in [5.74, 6) is 1.09. The summed E-state index contributed by atoms with van der Waals surface area (Å²) in [5, 5.41) is 14.3. The highest BCUT2D eigenvalue weighted by atomic mass is 35.5. The molecular formula is C17H14ClN5O3. The van der Waals surface area contributed by atoms with Gasteiger partial charge in [-0.2, -0.15) is 4.98 Å². The lowest BCUT2D eigenvalue weighted by molar-refractivity contribution is -0.384. The van der Waals surface area contributed by atoms with E-state index < -0.39 is 4.92 Å². The van der Waals surface area contributed by atoms with Crippen molar-refractivity contribution in [2.75, 3.05) is 18.2 Å². The molecule has 0 radical (unpaired) electrons. The number of benzene rings is 2. The molecule has 0 spiro atoms. The van der Waals surface area contributed by atoms with E-state index in [4.69, 9.17) is 22.1 Å². The maximum atomic E-state index is 10.7. The van der Waals surface area contributed by atoms with E-state index in [1.807, 2.05) is 0 Å². The van der Waals surface area contributed by atoms with Crippen molar-refractivity contribution in [3.8, 4) is 17.0 Å². The highest BCUT2D eigenvalue weighted by Gasteiger charge is 2.12. The van der Waals surface area contributed by atoms with Crippen molar-refractivity contribution in [3.63, 3.8) is 0 Å². The average Bonchev–Trinajstić information content (AvgIpc) is 2.61. The van der Waals surface area contributed by atoms with E-state index in [2.05, 4.69) is 15.3 Å². The van der Waals surface area contributed by atoms with Gasteiger partial charge >= 0.3 is 0 Å². The second-order valence-electron chi connectivity index (χ2n) is 5.27. The fourth-order valence-corrected chi connectivity index (χ4v) is 2.53. The van der Waals surface area contributed by atoms with Gasteiger partial charge in [0.05, 0.1) is 17.7 Å². The van der Waals surface area contributed by atoms with E-state index in [1.54, 1.807) is 43.5 Å². The molecule has 0 aliphatic carbocycles. The lowest BCUT2D eigenvalue weighted by Crippen LogP contribution is -2.02. The highest BCUT2D eigenvalue weighted by molar-refractivity contribution is 6.31. The molecule has 0 amide bonds. The summed E-state index contributed by atoms with van der Waals surface area (Å²) in [5.41, 5.74) is 7.64. The maximum Gasteiger partial charge on any atom is 0.269 e. The summed E-state index contributed by atoms with van der Waals surface area (Å²) >= 11 is 6.07. The van der Waals surface area contributed by atoms with Crippen LogP contribution < -0.4 is 15.8 Å². The smallest absolute Gasteiger partial charge is 0.269 e. The lowest BCUT2D eigenvalue weighted by atomic mass is 10.1. The number of hydrogen-bond donors (Lipinski definition) is 2. The van der Waals surface area contributed by atoms with Crippen LogP contribution in [0.5, 0.6) is 5.75 Å². The van der Waals surface area contributed by atoms with Crippen molar-refractivity contribution in [1.82, 2.24) is 9.97 Å². The summed E-state index contributed by atoms with van der Waals surface area (Å²) < 4.78 is 5.34. The van der Waals surface area contributed by atoms with Crippen LogP contribution in [0.25, 0.3) is 11.3 Å². The van der Waals surface area contributed by atoms with Crippen LogP contribution in [0.2, 0.25) is 5.02 Å². The van der Waals surface area contributed by atoms with Gasteiger partial charge in [0.1, 0.15) is 11.6 Å². The summed E-state index contributed by atoms with van der Waals surface area (Å²) in [7, 11) is 1.55. The van der Waals surface area contributed by atoms with Crippen LogP contribution in [0.4, 0.5) is 23.1 Å². The van der Waals surface area contributed by atoms with Gasteiger partial charge in [0.2, 0.25) is 5.95 Å². The lowest BCUT2D eigenvalue weighted by Gasteiger charge is -2.11. The summed E-state index contributed by atoms with van der Waals surface area (Å²) in [4.78, 5) is 18.6. The standard InChI is InChI=1S/C17H14ClN5O3/c1-26-15-7-2-10(18)8-13(15)14-9-16(22-17(19)21-14)20-11-3-5-12(6-4-11)23(24)25/h2-9H,1H3,(H3,19,20,21,22). The second-order valence-corrected chi connectivity index (χ2v) is 5.71. The number of nitrogens with zero attached hydrogens (tertiary/aromatic N) is 3. The van der Waals surface area contributed by atoms with E-state index >= 15 is 0 Å².